The fourth-order valence-electron chi connectivity index (χ4n) is 4.71. The minimum absolute atomic E-state index is 0.0478. The third-order valence-corrected chi connectivity index (χ3v) is 7.55. The fourth-order valence-corrected chi connectivity index (χ4v) is 4.89. The van der Waals surface area contributed by atoms with Crippen LogP contribution in [0, 0.1) is 0 Å². The molecule has 0 aliphatic rings. The zero-order chi connectivity index (χ0) is 34.4. The SMILES string of the molecule is CC(Cc1ccc(C(=O)N(OCC(F)(F)F)c2ccccc2)cc1)(C(=O)S)c1ncccc1C(=O)N(Cc1ccccc1)C(F)(F)F. The molecule has 0 spiro atoms. The Morgan fingerprint density at radius 1 is 0.766 bits per heavy atom. The van der Waals surface area contributed by atoms with Gasteiger partial charge in [-0.05, 0) is 60.9 Å². The van der Waals surface area contributed by atoms with Crippen molar-refractivity contribution < 1.29 is 45.6 Å². The van der Waals surface area contributed by atoms with Crippen LogP contribution in [0.25, 0.3) is 0 Å². The minimum atomic E-state index is -5.07. The second-order valence-electron chi connectivity index (χ2n) is 10.6. The molecule has 0 N–H and O–H groups in total. The number of hydrogen-bond donors (Lipinski definition) is 1. The van der Waals surface area contributed by atoms with Crippen LogP contribution in [-0.4, -0.2) is 45.9 Å². The zero-order valence-electron chi connectivity index (χ0n) is 24.6. The van der Waals surface area contributed by atoms with E-state index in [1.54, 1.807) is 12.1 Å². The van der Waals surface area contributed by atoms with Gasteiger partial charge in [-0.25, -0.2) is 4.90 Å². The fraction of sp³-hybridized carbons (Fsp3) is 0.212. The van der Waals surface area contributed by atoms with Gasteiger partial charge >= 0.3 is 12.5 Å². The molecule has 7 nitrogen and oxygen atoms in total. The number of para-hydroxylation sites is 1. The van der Waals surface area contributed by atoms with Crippen LogP contribution in [-0.2, 0) is 28.0 Å². The van der Waals surface area contributed by atoms with E-state index in [0.29, 0.717) is 10.6 Å². The maximum absolute atomic E-state index is 14.2. The first-order chi connectivity index (χ1) is 22.1. The number of hydroxylamine groups is 1. The number of benzene rings is 3. The highest BCUT2D eigenvalue weighted by atomic mass is 32.1. The molecule has 246 valence electrons. The lowest BCUT2D eigenvalue weighted by Crippen LogP contribution is -2.44. The predicted molar refractivity (Wildman–Crippen MR) is 163 cm³/mol. The summed E-state index contributed by atoms with van der Waals surface area (Å²) in [4.78, 5) is 48.3. The molecule has 0 aliphatic carbocycles. The molecule has 1 heterocycles. The molecule has 0 bridgehead atoms. The first-order valence-electron chi connectivity index (χ1n) is 13.9. The molecular formula is C33H27F6N3O4S. The second kappa shape index (κ2) is 14.4. The lowest BCUT2D eigenvalue weighted by atomic mass is 9.79. The van der Waals surface area contributed by atoms with E-state index in [-0.39, 0.29) is 33.8 Å². The quantitative estimate of drug-likeness (QED) is 0.0779. The van der Waals surface area contributed by atoms with Crippen molar-refractivity contribution in [1.29, 1.82) is 0 Å². The largest absolute Gasteiger partial charge is 0.487 e. The molecule has 1 atom stereocenters. The number of halogens is 6. The van der Waals surface area contributed by atoms with Gasteiger partial charge in [0.15, 0.2) is 11.7 Å². The van der Waals surface area contributed by atoms with Crippen molar-refractivity contribution in [2.45, 2.75) is 37.8 Å². The number of thiol groups is 1. The molecule has 47 heavy (non-hydrogen) atoms. The minimum Gasteiger partial charge on any atom is -0.286 e. The molecule has 2 amide bonds. The van der Waals surface area contributed by atoms with Crippen LogP contribution < -0.4 is 5.06 Å². The Kier molecular flexibility index (Phi) is 10.8. The third-order valence-electron chi connectivity index (χ3n) is 7.06. The normalized spacial score (nSPS) is 13.0. The Bertz CT molecular complexity index is 1700. The molecule has 4 rings (SSSR count). The number of amides is 2. The van der Waals surface area contributed by atoms with Gasteiger partial charge in [0.2, 0.25) is 0 Å². The average Bonchev–Trinajstić information content (AvgIpc) is 3.03. The van der Waals surface area contributed by atoms with Crippen molar-refractivity contribution in [2.24, 2.45) is 0 Å². The van der Waals surface area contributed by atoms with Crippen LogP contribution in [0.2, 0.25) is 0 Å². The highest BCUT2D eigenvalue weighted by Gasteiger charge is 2.45. The molecule has 0 aliphatic heterocycles. The topological polar surface area (TPSA) is 79.8 Å². The highest BCUT2D eigenvalue weighted by molar-refractivity contribution is 7.96. The van der Waals surface area contributed by atoms with E-state index >= 15 is 0 Å². The summed E-state index contributed by atoms with van der Waals surface area (Å²) in [6.07, 6.45) is -8.76. The number of carbonyl (C=O) groups excluding carboxylic acids is 3. The molecular weight excluding hydrogens is 648 g/mol. The third kappa shape index (κ3) is 8.77. The van der Waals surface area contributed by atoms with Crippen LogP contribution in [0.5, 0.6) is 0 Å². The Labute approximate surface area is 271 Å². The van der Waals surface area contributed by atoms with Gasteiger partial charge in [0.1, 0.15) is 0 Å². The van der Waals surface area contributed by atoms with Crippen LogP contribution in [0.1, 0.15) is 44.5 Å². The van der Waals surface area contributed by atoms with Crippen molar-refractivity contribution in [1.82, 2.24) is 9.88 Å². The zero-order valence-corrected chi connectivity index (χ0v) is 25.5. The van der Waals surface area contributed by atoms with Gasteiger partial charge in [0, 0.05) is 11.8 Å². The summed E-state index contributed by atoms with van der Waals surface area (Å²) in [6.45, 7) is -1.14. The van der Waals surface area contributed by atoms with Crippen LogP contribution in [0.15, 0.2) is 103 Å². The summed E-state index contributed by atoms with van der Waals surface area (Å²) in [7, 11) is 0. The maximum atomic E-state index is 14.2. The molecule has 0 saturated heterocycles. The number of pyridine rings is 1. The van der Waals surface area contributed by atoms with Crippen LogP contribution in [0.4, 0.5) is 32.0 Å². The Balaban J connectivity index is 1.64. The van der Waals surface area contributed by atoms with Crippen LogP contribution >= 0.6 is 12.6 Å². The lowest BCUT2D eigenvalue weighted by molar-refractivity contribution is -0.228. The number of alkyl halides is 6. The van der Waals surface area contributed by atoms with E-state index in [2.05, 4.69) is 17.6 Å². The lowest BCUT2D eigenvalue weighted by Gasteiger charge is -2.30. The van der Waals surface area contributed by atoms with Crippen molar-refractivity contribution >= 4 is 35.2 Å². The molecule has 0 saturated carbocycles. The van der Waals surface area contributed by atoms with Gasteiger partial charge in [-0.1, -0.05) is 60.7 Å². The summed E-state index contributed by atoms with van der Waals surface area (Å²) < 4.78 is 81.2. The second-order valence-corrected chi connectivity index (χ2v) is 11.0. The first-order valence-corrected chi connectivity index (χ1v) is 14.3. The van der Waals surface area contributed by atoms with Crippen molar-refractivity contribution in [3.05, 3.63) is 131 Å². The first kappa shape index (κ1) is 35.2. The molecule has 0 fully saturated rings. The predicted octanol–water partition coefficient (Wildman–Crippen LogP) is 7.34. The van der Waals surface area contributed by atoms with Crippen LogP contribution in [0.3, 0.4) is 0 Å². The van der Waals surface area contributed by atoms with E-state index in [1.807, 2.05) is 0 Å². The van der Waals surface area contributed by atoms with E-state index < -0.39 is 53.5 Å². The molecule has 3 aromatic carbocycles. The number of aromatic nitrogens is 1. The number of nitrogens with zero attached hydrogens (tertiary/aromatic N) is 3. The van der Waals surface area contributed by atoms with E-state index in [0.717, 1.165) is 6.07 Å². The van der Waals surface area contributed by atoms with Crippen molar-refractivity contribution in [3.63, 3.8) is 0 Å². The van der Waals surface area contributed by atoms with E-state index in [1.165, 1.54) is 92.0 Å². The Morgan fingerprint density at radius 3 is 1.91 bits per heavy atom. The number of anilines is 1. The molecule has 0 radical (unpaired) electrons. The molecule has 1 unspecified atom stereocenters. The van der Waals surface area contributed by atoms with Gasteiger partial charge < -0.3 is 0 Å². The van der Waals surface area contributed by atoms with Gasteiger partial charge in [0.25, 0.3) is 11.8 Å². The van der Waals surface area contributed by atoms with Crippen molar-refractivity contribution in [2.75, 3.05) is 11.7 Å². The molecule has 4 aromatic rings. The number of hydrogen-bond acceptors (Lipinski definition) is 5. The Morgan fingerprint density at radius 2 is 1.36 bits per heavy atom. The summed E-state index contributed by atoms with van der Waals surface area (Å²) in [5.74, 6) is -2.34. The van der Waals surface area contributed by atoms with Gasteiger partial charge in [-0.2, -0.15) is 18.2 Å². The number of carbonyl (C=O) groups is 3. The van der Waals surface area contributed by atoms with Gasteiger partial charge in [0.05, 0.1) is 28.9 Å². The Hall–Kier alpha value is -4.69. The summed E-state index contributed by atoms with van der Waals surface area (Å²) >= 11 is 4.00. The monoisotopic (exact) mass is 675 g/mol. The van der Waals surface area contributed by atoms with Gasteiger partial charge in [-0.15, -0.1) is 25.8 Å². The molecule has 1 aromatic heterocycles. The summed E-state index contributed by atoms with van der Waals surface area (Å²) in [5, 5.41) is -0.292. The number of rotatable bonds is 11. The summed E-state index contributed by atoms with van der Waals surface area (Å²) in [6, 6.07) is 22.8. The van der Waals surface area contributed by atoms with E-state index in [9.17, 15) is 40.7 Å². The highest BCUT2D eigenvalue weighted by Crippen LogP contribution is 2.35. The van der Waals surface area contributed by atoms with Crippen molar-refractivity contribution in [3.8, 4) is 0 Å². The van der Waals surface area contributed by atoms with E-state index in [4.69, 9.17) is 4.84 Å². The molecule has 14 heteroatoms. The summed E-state index contributed by atoms with van der Waals surface area (Å²) in [5.41, 5.74) is -1.84. The standard InChI is InChI=1S/C33H27F6N3O4S/c1-31(30(45)47,27-26(13-8-18-40-27)29(44)41(33(37,38)39)20-23-9-4-2-5-10-23)19-22-14-16-24(17-15-22)28(43)42(46-21-32(34,35)36)25-11-6-3-7-12-25/h2-18H,19-21H2,1H3,(H,45,47). The van der Waals surface area contributed by atoms with Gasteiger partial charge in [-0.3, -0.25) is 24.2 Å². The smallest absolute Gasteiger partial charge is 0.286 e. The maximum Gasteiger partial charge on any atom is 0.487 e. The average molecular weight is 676 g/mol.